The van der Waals surface area contributed by atoms with Gasteiger partial charge in [0.25, 0.3) is 0 Å². The van der Waals surface area contributed by atoms with Gasteiger partial charge in [-0.1, -0.05) is 23.2 Å². The van der Waals surface area contributed by atoms with E-state index < -0.39 is 17.8 Å². The molecule has 1 aromatic rings. The van der Waals surface area contributed by atoms with Crippen molar-refractivity contribution in [2.75, 3.05) is 11.9 Å². The molecule has 0 aromatic heterocycles. The number of benzene rings is 1. The molecule has 0 spiro atoms. The fourth-order valence-electron chi connectivity index (χ4n) is 2.06. The molecule has 1 saturated heterocycles. The molecule has 0 aliphatic carbocycles. The number of anilines is 1. The van der Waals surface area contributed by atoms with E-state index in [4.69, 9.17) is 23.2 Å². The summed E-state index contributed by atoms with van der Waals surface area (Å²) >= 11 is 11.8. The second kappa shape index (κ2) is 6.32. The lowest BCUT2D eigenvalue weighted by Gasteiger charge is -2.22. The number of aromatic carboxylic acids is 1. The normalized spacial score (nSPS) is 18.0. The van der Waals surface area contributed by atoms with Crippen LogP contribution in [0.3, 0.4) is 0 Å². The summed E-state index contributed by atoms with van der Waals surface area (Å²) in [6.07, 6.45) is 0.658. The van der Waals surface area contributed by atoms with Crippen LogP contribution in [0.5, 0.6) is 0 Å². The Labute approximate surface area is 130 Å². The molecular weight excluding hydrogens is 319 g/mol. The minimum Gasteiger partial charge on any atom is -0.478 e. The number of carbonyl (C=O) groups excluding carboxylic acids is 2. The molecule has 21 heavy (non-hydrogen) atoms. The van der Waals surface area contributed by atoms with Crippen molar-refractivity contribution >= 4 is 46.7 Å². The maximum Gasteiger partial charge on any atom is 0.339 e. The van der Waals surface area contributed by atoms with Gasteiger partial charge in [0.2, 0.25) is 11.8 Å². The zero-order chi connectivity index (χ0) is 15.6. The van der Waals surface area contributed by atoms with Crippen molar-refractivity contribution < 1.29 is 19.5 Å². The molecule has 112 valence electrons. The van der Waals surface area contributed by atoms with Gasteiger partial charge in [-0.25, -0.2) is 4.79 Å². The number of carboxylic acids is 1. The third-order valence-electron chi connectivity index (χ3n) is 3.20. The minimum absolute atomic E-state index is 0.0147. The predicted octanol–water partition coefficient (Wildman–Crippen LogP) is 2.16. The Hall–Kier alpha value is -1.79. The summed E-state index contributed by atoms with van der Waals surface area (Å²) in [4.78, 5) is 34.5. The van der Waals surface area contributed by atoms with Crippen molar-refractivity contribution in [3.8, 4) is 0 Å². The highest BCUT2D eigenvalue weighted by Gasteiger charge is 2.27. The van der Waals surface area contributed by atoms with Crippen LogP contribution in [0.15, 0.2) is 12.1 Å². The van der Waals surface area contributed by atoms with E-state index in [0.717, 1.165) is 0 Å². The van der Waals surface area contributed by atoms with Gasteiger partial charge >= 0.3 is 5.97 Å². The molecule has 1 aliphatic rings. The molecule has 0 radical (unpaired) electrons. The van der Waals surface area contributed by atoms with Crippen molar-refractivity contribution in [3.63, 3.8) is 0 Å². The average Bonchev–Trinajstić information content (AvgIpc) is 2.43. The molecular formula is C13H12Cl2N2O4. The van der Waals surface area contributed by atoms with Crippen LogP contribution in [0.2, 0.25) is 10.0 Å². The van der Waals surface area contributed by atoms with Crippen LogP contribution in [0, 0.1) is 5.92 Å². The number of hydrogen-bond donors (Lipinski definition) is 3. The smallest absolute Gasteiger partial charge is 0.339 e. The Morgan fingerprint density at radius 3 is 2.52 bits per heavy atom. The Kier molecular flexibility index (Phi) is 4.69. The van der Waals surface area contributed by atoms with E-state index >= 15 is 0 Å². The summed E-state index contributed by atoms with van der Waals surface area (Å²) in [6.45, 7) is 0.214. The van der Waals surface area contributed by atoms with Gasteiger partial charge in [0.05, 0.1) is 21.7 Å². The van der Waals surface area contributed by atoms with Gasteiger partial charge in [-0.3, -0.25) is 9.59 Å². The van der Waals surface area contributed by atoms with E-state index in [0.29, 0.717) is 6.42 Å². The van der Waals surface area contributed by atoms with Crippen molar-refractivity contribution in [3.05, 3.63) is 27.7 Å². The first kappa shape index (κ1) is 15.6. The molecule has 2 rings (SSSR count). The predicted molar refractivity (Wildman–Crippen MR) is 77.8 cm³/mol. The van der Waals surface area contributed by atoms with E-state index in [1.807, 2.05) is 0 Å². The summed E-state index contributed by atoms with van der Waals surface area (Å²) in [5.41, 5.74) is -0.282. The Morgan fingerprint density at radius 1 is 1.29 bits per heavy atom. The van der Waals surface area contributed by atoms with Crippen LogP contribution in [0.4, 0.5) is 5.69 Å². The summed E-state index contributed by atoms with van der Waals surface area (Å²) in [5.74, 6) is -2.22. The Bertz CT molecular complexity index is 608. The fourth-order valence-corrected chi connectivity index (χ4v) is 2.51. The SMILES string of the molecule is O=C1CCC(C(=O)Nc2c(Cl)ccc(Cl)c2C(=O)O)CN1. The number of rotatable bonds is 3. The molecule has 6 nitrogen and oxygen atoms in total. The van der Waals surface area contributed by atoms with Gasteiger partial charge in [-0.05, 0) is 18.6 Å². The summed E-state index contributed by atoms with van der Waals surface area (Å²) in [5, 5.41) is 14.3. The molecule has 2 amide bonds. The fraction of sp³-hybridized carbons (Fsp3) is 0.308. The Morgan fingerprint density at radius 2 is 1.95 bits per heavy atom. The number of carboxylic acid groups (broad SMARTS) is 1. The molecule has 1 unspecified atom stereocenters. The van der Waals surface area contributed by atoms with Crippen molar-refractivity contribution in [1.82, 2.24) is 5.32 Å². The second-order valence-electron chi connectivity index (χ2n) is 4.61. The van der Waals surface area contributed by atoms with Gasteiger partial charge in [0, 0.05) is 13.0 Å². The zero-order valence-electron chi connectivity index (χ0n) is 10.8. The lowest BCUT2D eigenvalue weighted by molar-refractivity contribution is -0.126. The van der Waals surface area contributed by atoms with Crippen LogP contribution < -0.4 is 10.6 Å². The van der Waals surface area contributed by atoms with Crippen LogP contribution in [-0.2, 0) is 9.59 Å². The summed E-state index contributed by atoms with van der Waals surface area (Å²) in [6, 6.07) is 2.76. The monoisotopic (exact) mass is 330 g/mol. The molecule has 1 heterocycles. The van der Waals surface area contributed by atoms with Crippen molar-refractivity contribution in [1.29, 1.82) is 0 Å². The van der Waals surface area contributed by atoms with Crippen LogP contribution in [-0.4, -0.2) is 29.4 Å². The van der Waals surface area contributed by atoms with E-state index in [1.54, 1.807) is 0 Å². The number of carbonyl (C=O) groups is 3. The highest BCUT2D eigenvalue weighted by molar-refractivity contribution is 6.38. The molecule has 1 aliphatic heterocycles. The first-order chi connectivity index (χ1) is 9.90. The Balaban J connectivity index is 2.23. The van der Waals surface area contributed by atoms with E-state index in [9.17, 15) is 19.5 Å². The molecule has 1 aromatic carbocycles. The lowest BCUT2D eigenvalue weighted by atomic mass is 9.98. The highest BCUT2D eigenvalue weighted by atomic mass is 35.5. The minimum atomic E-state index is -1.28. The number of nitrogens with one attached hydrogen (secondary N) is 2. The molecule has 0 saturated carbocycles. The third-order valence-corrected chi connectivity index (χ3v) is 3.83. The lowest BCUT2D eigenvalue weighted by Crippen LogP contribution is -2.40. The first-order valence-corrected chi connectivity index (χ1v) is 6.94. The maximum absolute atomic E-state index is 12.2. The van der Waals surface area contributed by atoms with Crippen LogP contribution in [0.1, 0.15) is 23.2 Å². The van der Waals surface area contributed by atoms with Gasteiger partial charge in [-0.15, -0.1) is 0 Å². The van der Waals surface area contributed by atoms with E-state index in [2.05, 4.69) is 10.6 Å². The quantitative estimate of drug-likeness (QED) is 0.791. The topological polar surface area (TPSA) is 95.5 Å². The molecule has 1 atom stereocenters. The van der Waals surface area contributed by atoms with E-state index in [-0.39, 0.29) is 40.2 Å². The van der Waals surface area contributed by atoms with Gasteiger partial charge in [-0.2, -0.15) is 0 Å². The molecule has 8 heteroatoms. The number of hydrogen-bond acceptors (Lipinski definition) is 3. The summed E-state index contributed by atoms with van der Waals surface area (Å²) < 4.78 is 0. The molecule has 0 bridgehead atoms. The number of piperidine rings is 1. The number of halogens is 2. The van der Waals surface area contributed by atoms with Crippen LogP contribution in [0.25, 0.3) is 0 Å². The maximum atomic E-state index is 12.2. The largest absolute Gasteiger partial charge is 0.478 e. The first-order valence-electron chi connectivity index (χ1n) is 6.19. The van der Waals surface area contributed by atoms with E-state index in [1.165, 1.54) is 12.1 Å². The third kappa shape index (κ3) is 3.46. The standard InChI is InChI=1S/C13H12Cl2N2O4/c14-7-2-3-8(15)11(10(7)13(20)21)17-12(19)6-1-4-9(18)16-5-6/h2-3,6H,1,4-5H2,(H,16,18)(H,17,19)(H,20,21). The molecule has 3 N–H and O–H groups in total. The summed E-state index contributed by atoms with van der Waals surface area (Å²) in [7, 11) is 0. The van der Waals surface area contributed by atoms with Crippen molar-refractivity contribution in [2.24, 2.45) is 5.92 Å². The molecule has 1 fully saturated rings. The number of amides is 2. The second-order valence-corrected chi connectivity index (χ2v) is 5.43. The van der Waals surface area contributed by atoms with Crippen LogP contribution >= 0.6 is 23.2 Å². The van der Waals surface area contributed by atoms with Gasteiger partial charge < -0.3 is 15.7 Å². The zero-order valence-corrected chi connectivity index (χ0v) is 12.3. The average molecular weight is 331 g/mol. The van der Waals surface area contributed by atoms with Crippen molar-refractivity contribution in [2.45, 2.75) is 12.8 Å². The van der Waals surface area contributed by atoms with Gasteiger partial charge in [0.15, 0.2) is 0 Å². The van der Waals surface area contributed by atoms with Gasteiger partial charge in [0.1, 0.15) is 5.56 Å². The highest BCUT2D eigenvalue weighted by Crippen LogP contribution is 2.32.